The minimum absolute atomic E-state index is 0.156. The van der Waals surface area contributed by atoms with Gasteiger partial charge in [0.1, 0.15) is 5.82 Å². The third-order valence-corrected chi connectivity index (χ3v) is 5.48. The molecular formula is C21H24N6O2. The molecule has 8 heteroatoms. The van der Waals surface area contributed by atoms with Crippen molar-refractivity contribution in [1.82, 2.24) is 19.9 Å². The van der Waals surface area contributed by atoms with E-state index in [1.165, 1.54) is 6.20 Å². The first kappa shape index (κ1) is 18.9. The molecule has 3 aromatic rings. The zero-order chi connectivity index (χ0) is 20.5. The highest BCUT2D eigenvalue weighted by Crippen LogP contribution is 2.34. The van der Waals surface area contributed by atoms with Crippen molar-refractivity contribution in [3.63, 3.8) is 0 Å². The van der Waals surface area contributed by atoms with E-state index in [1.807, 2.05) is 18.2 Å². The van der Waals surface area contributed by atoms with Crippen LogP contribution in [0.4, 0.5) is 11.5 Å². The number of benzene rings is 1. The quantitative estimate of drug-likeness (QED) is 0.580. The zero-order valence-corrected chi connectivity index (χ0v) is 16.5. The molecule has 1 aliphatic rings. The molecule has 2 atom stereocenters. The van der Waals surface area contributed by atoms with Gasteiger partial charge in [0.2, 0.25) is 0 Å². The van der Waals surface area contributed by atoms with E-state index in [2.05, 4.69) is 27.2 Å². The Morgan fingerprint density at radius 3 is 2.86 bits per heavy atom. The average Bonchev–Trinajstić information content (AvgIpc) is 3.18. The van der Waals surface area contributed by atoms with Crippen LogP contribution in [0, 0.1) is 12.8 Å². The van der Waals surface area contributed by atoms with Crippen molar-refractivity contribution < 1.29 is 9.59 Å². The summed E-state index contributed by atoms with van der Waals surface area (Å²) >= 11 is 0. The fourth-order valence-electron chi connectivity index (χ4n) is 3.85. The Bertz CT molecular complexity index is 1080. The number of nitrogens with one attached hydrogen (secondary N) is 2. The minimum Gasteiger partial charge on any atom is -0.383 e. The van der Waals surface area contributed by atoms with Crippen LogP contribution in [-0.4, -0.2) is 38.2 Å². The molecule has 2 amide bonds. The maximum Gasteiger partial charge on any atom is 0.313 e. The summed E-state index contributed by atoms with van der Waals surface area (Å²) in [5.41, 5.74) is 9.70. The Morgan fingerprint density at radius 2 is 2.07 bits per heavy atom. The average molecular weight is 392 g/mol. The summed E-state index contributed by atoms with van der Waals surface area (Å²) in [5.74, 6) is -0.486. The van der Waals surface area contributed by atoms with Crippen molar-refractivity contribution in [3.8, 4) is 0 Å². The number of piperidine rings is 1. The number of aromatic amines is 1. The van der Waals surface area contributed by atoms with Gasteiger partial charge in [-0.2, -0.15) is 0 Å². The van der Waals surface area contributed by atoms with E-state index in [0.717, 1.165) is 35.0 Å². The molecule has 2 aromatic heterocycles. The summed E-state index contributed by atoms with van der Waals surface area (Å²) in [4.78, 5) is 38.8. The molecule has 0 bridgehead atoms. The molecule has 1 saturated heterocycles. The molecule has 3 heterocycles. The van der Waals surface area contributed by atoms with Crippen molar-refractivity contribution in [2.45, 2.75) is 32.7 Å². The fraction of sp³-hybridized carbons (Fsp3) is 0.333. The number of hydrogen-bond acceptors (Lipinski definition) is 5. The van der Waals surface area contributed by atoms with Gasteiger partial charge >= 0.3 is 11.8 Å². The molecule has 8 nitrogen and oxygen atoms in total. The van der Waals surface area contributed by atoms with Gasteiger partial charge in [0, 0.05) is 6.54 Å². The Hall–Kier alpha value is -3.42. The van der Waals surface area contributed by atoms with Crippen LogP contribution >= 0.6 is 0 Å². The Labute approximate surface area is 168 Å². The molecule has 0 spiro atoms. The largest absolute Gasteiger partial charge is 0.383 e. The number of aryl methyl sites for hydroxylation is 1. The lowest BCUT2D eigenvalue weighted by molar-refractivity contribution is -0.146. The molecule has 1 fully saturated rings. The number of rotatable bonds is 2. The molecule has 0 saturated carbocycles. The van der Waals surface area contributed by atoms with Gasteiger partial charge < -0.3 is 20.9 Å². The first-order chi connectivity index (χ1) is 13.9. The highest BCUT2D eigenvalue weighted by Gasteiger charge is 2.34. The normalized spacial score (nSPS) is 19.3. The molecule has 4 N–H and O–H groups in total. The third kappa shape index (κ3) is 3.78. The second kappa shape index (κ2) is 7.54. The van der Waals surface area contributed by atoms with Crippen molar-refractivity contribution in [2.24, 2.45) is 5.92 Å². The number of carbonyl (C=O) groups is 2. The highest BCUT2D eigenvalue weighted by atomic mass is 16.2. The van der Waals surface area contributed by atoms with Crippen LogP contribution in [0.1, 0.15) is 36.9 Å². The minimum atomic E-state index is -0.670. The molecule has 150 valence electrons. The first-order valence-electron chi connectivity index (χ1n) is 9.69. The maximum atomic E-state index is 13.0. The Morgan fingerprint density at radius 1 is 1.24 bits per heavy atom. The predicted molar refractivity (Wildman–Crippen MR) is 111 cm³/mol. The lowest BCUT2D eigenvalue weighted by Gasteiger charge is -2.38. The smallest absolute Gasteiger partial charge is 0.313 e. The molecule has 4 rings (SSSR count). The van der Waals surface area contributed by atoms with Crippen LogP contribution in [0.5, 0.6) is 0 Å². The van der Waals surface area contributed by atoms with Gasteiger partial charge in [-0.05, 0) is 55.0 Å². The van der Waals surface area contributed by atoms with Crippen LogP contribution in [-0.2, 0) is 9.59 Å². The second-order valence-electron chi connectivity index (χ2n) is 7.72. The van der Waals surface area contributed by atoms with Gasteiger partial charge in [0.25, 0.3) is 0 Å². The summed E-state index contributed by atoms with van der Waals surface area (Å²) in [6, 6.07) is 7.48. The van der Waals surface area contributed by atoms with Crippen molar-refractivity contribution in [3.05, 3.63) is 47.9 Å². The van der Waals surface area contributed by atoms with Gasteiger partial charge in [-0.15, -0.1) is 0 Å². The number of nitrogens with two attached hydrogens (primary N) is 1. The first-order valence-corrected chi connectivity index (χ1v) is 9.69. The molecule has 0 aliphatic carbocycles. The van der Waals surface area contributed by atoms with Gasteiger partial charge in [0.05, 0.1) is 35.3 Å². The zero-order valence-electron chi connectivity index (χ0n) is 16.5. The third-order valence-electron chi connectivity index (χ3n) is 5.48. The number of likely N-dealkylation sites (tertiary alicyclic amines) is 1. The monoisotopic (exact) mass is 392 g/mol. The number of nitrogens with zero attached hydrogens (tertiary/aromatic N) is 3. The van der Waals surface area contributed by atoms with Crippen molar-refractivity contribution in [2.75, 3.05) is 17.6 Å². The van der Waals surface area contributed by atoms with Crippen LogP contribution in [0.3, 0.4) is 0 Å². The van der Waals surface area contributed by atoms with Crippen LogP contribution in [0.2, 0.25) is 0 Å². The number of hydrogen-bond donors (Lipinski definition) is 3. The summed E-state index contributed by atoms with van der Waals surface area (Å²) in [6.07, 6.45) is 4.90. The maximum absolute atomic E-state index is 13.0. The summed E-state index contributed by atoms with van der Waals surface area (Å²) in [6.45, 7) is 4.43. The SMILES string of the molecule is Cc1cc(NC(=O)C(=O)N2C[C@@H](C)CC[C@@H]2c2ccc3[nH]cnc3c2)cnc1N. The van der Waals surface area contributed by atoms with Crippen LogP contribution in [0.15, 0.2) is 36.8 Å². The highest BCUT2D eigenvalue weighted by molar-refractivity contribution is 6.39. The number of H-pyrrole nitrogens is 1. The van der Waals surface area contributed by atoms with E-state index in [9.17, 15) is 9.59 Å². The van der Waals surface area contributed by atoms with E-state index >= 15 is 0 Å². The lowest BCUT2D eigenvalue weighted by Crippen LogP contribution is -2.46. The molecule has 29 heavy (non-hydrogen) atoms. The second-order valence-corrected chi connectivity index (χ2v) is 7.72. The summed E-state index contributed by atoms with van der Waals surface area (Å²) in [5, 5.41) is 2.65. The van der Waals surface area contributed by atoms with Gasteiger partial charge in [-0.1, -0.05) is 13.0 Å². The lowest BCUT2D eigenvalue weighted by atomic mass is 9.89. The number of anilines is 2. The van der Waals surface area contributed by atoms with Gasteiger partial charge in [-0.25, -0.2) is 9.97 Å². The van der Waals surface area contributed by atoms with E-state index in [1.54, 1.807) is 24.2 Å². The molecule has 1 aliphatic heterocycles. The van der Waals surface area contributed by atoms with E-state index in [0.29, 0.717) is 24.0 Å². The summed E-state index contributed by atoms with van der Waals surface area (Å²) in [7, 11) is 0. The van der Waals surface area contributed by atoms with Crippen LogP contribution in [0.25, 0.3) is 11.0 Å². The number of fused-ring (bicyclic) bond motifs is 1. The van der Waals surface area contributed by atoms with Crippen LogP contribution < -0.4 is 11.1 Å². The van der Waals surface area contributed by atoms with E-state index < -0.39 is 11.8 Å². The van der Waals surface area contributed by atoms with E-state index in [4.69, 9.17) is 5.73 Å². The molecule has 0 unspecified atom stereocenters. The van der Waals surface area contributed by atoms with Gasteiger partial charge in [0.15, 0.2) is 0 Å². The number of amides is 2. The Balaban J connectivity index is 1.57. The molecule has 1 aromatic carbocycles. The van der Waals surface area contributed by atoms with Crippen molar-refractivity contribution >= 4 is 34.4 Å². The number of carbonyl (C=O) groups excluding carboxylic acids is 2. The number of nitrogen functional groups attached to an aromatic ring is 1. The number of pyridine rings is 1. The predicted octanol–water partition coefficient (Wildman–Crippen LogP) is 2.79. The fourth-order valence-corrected chi connectivity index (χ4v) is 3.85. The Kier molecular flexibility index (Phi) is 4.92. The van der Waals surface area contributed by atoms with Crippen molar-refractivity contribution in [1.29, 1.82) is 0 Å². The molecule has 0 radical (unpaired) electrons. The topological polar surface area (TPSA) is 117 Å². The standard InChI is InChI=1S/C21H24N6O2/c1-12-3-6-18(14-4-5-16-17(8-14)25-11-24-16)27(10-12)21(29)20(28)26-15-7-13(2)19(22)23-9-15/h4-5,7-9,11-12,18H,3,6,10H2,1-2H3,(H2,22,23)(H,24,25)(H,26,28)/t12-,18+/m0/s1. The van der Waals surface area contributed by atoms with E-state index in [-0.39, 0.29) is 6.04 Å². The summed E-state index contributed by atoms with van der Waals surface area (Å²) < 4.78 is 0. The number of aromatic nitrogens is 3. The molecular weight excluding hydrogens is 368 g/mol. The van der Waals surface area contributed by atoms with Gasteiger partial charge in [-0.3, -0.25) is 9.59 Å². The number of imidazole rings is 1.